The molecule has 2 aromatic carbocycles. The summed E-state index contributed by atoms with van der Waals surface area (Å²) in [5.41, 5.74) is 3.22. The van der Waals surface area contributed by atoms with Gasteiger partial charge in [-0.2, -0.15) is 0 Å². The molecule has 2 N–H and O–H groups in total. The number of ether oxygens (including phenoxy) is 1. The van der Waals surface area contributed by atoms with Crippen molar-refractivity contribution in [1.29, 1.82) is 0 Å². The van der Waals surface area contributed by atoms with Crippen molar-refractivity contribution >= 4 is 29.0 Å². The van der Waals surface area contributed by atoms with E-state index in [4.69, 9.17) is 4.74 Å². The first-order chi connectivity index (χ1) is 14.1. The topological polar surface area (TPSA) is 70.7 Å². The van der Waals surface area contributed by atoms with Gasteiger partial charge in [-0.15, -0.1) is 0 Å². The number of carbonyl (C=O) groups is 2. The molecule has 3 rings (SSSR count). The Morgan fingerprint density at radius 3 is 2.52 bits per heavy atom. The van der Waals surface area contributed by atoms with Crippen molar-refractivity contribution in [2.45, 2.75) is 46.0 Å². The monoisotopic (exact) mass is 395 g/mol. The van der Waals surface area contributed by atoms with Crippen LogP contribution in [0.4, 0.5) is 21.9 Å². The summed E-state index contributed by atoms with van der Waals surface area (Å²) in [6.07, 6.45) is 4.63. The predicted molar refractivity (Wildman–Crippen MR) is 117 cm³/mol. The van der Waals surface area contributed by atoms with E-state index in [2.05, 4.69) is 17.6 Å². The summed E-state index contributed by atoms with van der Waals surface area (Å²) in [5.74, 6) is 0.931. The average molecular weight is 396 g/mol. The maximum Gasteiger partial charge on any atom is 0.323 e. The third-order valence-electron chi connectivity index (χ3n) is 4.96. The van der Waals surface area contributed by atoms with Crippen LogP contribution in [0.5, 0.6) is 5.75 Å². The lowest BCUT2D eigenvalue weighted by atomic mass is 10.1. The van der Waals surface area contributed by atoms with Crippen molar-refractivity contribution in [3.8, 4) is 5.75 Å². The highest BCUT2D eigenvalue weighted by atomic mass is 16.5. The fourth-order valence-electron chi connectivity index (χ4n) is 3.30. The van der Waals surface area contributed by atoms with Gasteiger partial charge in [0.05, 0.1) is 6.61 Å². The van der Waals surface area contributed by atoms with Gasteiger partial charge in [0.2, 0.25) is 5.91 Å². The third-order valence-corrected chi connectivity index (χ3v) is 4.96. The molecule has 0 radical (unpaired) electrons. The second-order valence-electron chi connectivity index (χ2n) is 7.31. The maximum absolute atomic E-state index is 12.4. The summed E-state index contributed by atoms with van der Waals surface area (Å²) in [7, 11) is 0. The van der Waals surface area contributed by atoms with Crippen LogP contribution in [0.3, 0.4) is 0 Å². The molecular formula is C23H29N3O3. The number of unbranched alkanes of at least 4 members (excludes halogenated alkanes) is 1. The van der Waals surface area contributed by atoms with E-state index in [9.17, 15) is 9.59 Å². The van der Waals surface area contributed by atoms with Crippen molar-refractivity contribution in [2.24, 2.45) is 0 Å². The Kier molecular flexibility index (Phi) is 7.11. The Hall–Kier alpha value is -3.02. The number of aryl methyl sites for hydroxylation is 1. The lowest BCUT2D eigenvalue weighted by molar-refractivity contribution is -0.119. The predicted octanol–water partition coefficient (Wildman–Crippen LogP) is 5.33. The van der Waals surface area contributed by atoms with Gasteiger partial charge < -0.3 is 20.3 Å². The fourth-order valence-corrected chi connectivity index (χ4v) is 3.30. The van der Waals surface area contributed by atoms with Crippen LogP contribution >= 0.6 is 0 Å². The largest absolute Gasteiger partial charge is 0.494 e. The minimum Gasteiger partial charge on any atom is -0.494 e. The molecule has 1 aliphatic rings. The van der Waals surface area contributed by atoms with Crippen LogP contribution in [0, 0.1) is 6.92 Å². The molecule has 1 fully saturated rings. The van der Waals surface area contributed by atoms with E-state index in [0.29, 0.717) is 24.4 Å². The minimum atomic E-state index is -0.329. The van der Waals surface area contributed by atoms with Gasteiger partial charge in [0, 0.05) is 30.0 Å². The number of benzene rings is 2. The highest BCUT2D eigenvalue weighted by Gasteiger charge is 2.21. The van der Waals surface area contributed by atoms with Crippen molar-refractivity contribution in [3.05, 3.63) is 48.0 Å². The molecule has 0 saturated carbocycles. The van der Waals surface area contributed by atoms with Gasteiger partial charge >= 0.3 is 6.03 Å². The standard InChI is InChI=1S/C23H29N3O3/c1-3-4-15-29-20-12-10-18(11-13-20)24-23(28)25-19-9-8-17(2)21(16-19)26-14-6-5-7-22(26)27/h8-13,16H,3-7,14-15H2,1-2H3,(H2,24,25,28). The molecule has 1 aliphatic heterocycles. The molecule has 0 aromatic heterocycles. The average Bonchev–Trinajstić information content (AvgIpc) is 2.71. The zero-order chi connectivity index (χ0) is 20.6. The van der Waals surface area contributed by atoms with E-state index in [0.717, 1.165) is 49.2 Å². The van der Waals surface area contributed by atoms with Crippen molar-refractivity contribution in [2.75, 3.05) is 28.7 Å². The van der Waals surface area contributed by atoms with Gasteiger partial charge in [0.15, 0.2) is 0 Å². The molecule has 154 valence electrons. The molecular weight excluding hydrogens is 366 g/mol. The second kappa shape index (κ2) is 9.96. The summed E-state index contributed by atoms with van der Waals surface area (Å²) in [6, 6.07) is 12.6. The van der Waals surface area contributed by atoms with Crippen LogP contribution in [-0.2, 0) is 4.79 Å². The van der Waals surface area contributed by atoms with Gasteiger partial charge in [0.25, 0.3) is 0 Å². The number of carbonyl (C=O) groups excluding carboxylic acids is 2. The number of hydrogen-bond donors (Lipinski definition) is 2. The van der Waals surface area contributed by atoms with Gasteiger partial charge in [-0.25, -0.2) is 4.79 Å². The summed E-state index contributed by atoms with van der Waals surface area (Å²) in [5, 5.41) is 5.67. The van der Waals surface area contributed by atoms with E-state index < -0.39 is 0 Å². The molecule has 0 atom stereocenters. The highest BCUT2D eigenvalue weighted by molar-refractivity contribution is 6.01. The Balaban J connectivity index is 1.60. The number of amides is 3. The Morgan fingerprint density at radius 2 is 1.79 bits per heavy atom. The molecule has 0 aliphatic carbocycles. The van der Waals surface area contributed by atoms with Crippen LogP contribution in [0.15, 0.2) is 42.5 Å². The SMILES string of the molecule is CCCCOc1ccc(NC(=O)Nc2ccc(C)c(N3CCCCC3=O)c2)cc1. The first kappa shape index (κ1) is 20.7. The Bertz CT molecular complexity index is 849. The molecule has 6 heteroatoms. The van der Waals surface area contributed by atoms with E-state index in [1.165, 1.54) is 0 Å². The van der Waals surface area contributed by atoms with E-state index in [-0.39, 0.29) is 11.9 Å². The van der Waals surface area contributed by atoms with Crippen LogP contribution in [0.25, 0.3) is 0 Å². The van der Waals surface area contributed by atoms with Crippen LogP contribution < -0.4 is 20.3 Å². The molecule has 0 spiro atoms. The number of urea groups is 1. The summed E-state index contributed by atoms with van der Waals surface area (Å²) in [4.78, 5) is 26.4. The zero-order valence-corrected chi connectivity index (χ0v) is 17.2. The number of piperidine rings is 1. The molecule has 3 amide bonds. The summed E-state index contributed by atoms with van der Waals surface area (Å²) in [6.45, 7) is 5.52. The van der Waals surface area contributed by atoms with E-state index >= 15 is 0 Å². The van der Waals surface area contributed by atoms with Crippen molar-refractivity contribution in [1.82, 2.24) is 0 Å². The first-order valence-corrected chi connectivity index (χ1v) is 10.3. The van der Waals surface area contributed by atoms with Gasteiger partial charge in [-0.1, -0.05) is 19.4 Å². The molecule has 0 unspecified atom stereocenters. The molecule has 29 heavy (non-hydrogen) atoms. The fraction of sp³-hybridized carbons (Fsp3) is 0.391. The molecule has 1 saturated heterocycles. The number of hydrogen-bond acceptors (Lipinski definition) is 3. The number of nitrogens with one attached hydrogen (secondary N) is 2. The number of rotatable bonds is 7. The van der Waals surface area contributed by atoms with E-state index in [1.807, 2.05) is 54.3 Å². The Morgan fingerprint density at radius 1 is 1.07 bits per heavy atom. The second-order valence-corrected chi connectivity index (χ2v) is 7.31. The molecule has 6 nitrogen and oxygen atoms in total. The molecule has 2 aromatic rings. The summed E-state index contributed by atoms with van der Waals surface area (Å²) < 4.78 is 5.63. The molecule has 0 bridgehead atoms. The van der Waals surface area contributed by atoms with Gasteiger partial charge in [0.1, 0.15) is 5.75 Å². The van der Waals surface area contributed by atoms with Crippen molar-refractivity contribution < 1.29 is 14.3 Å². The number of nitrogens with zero attached hydrogens (tertiary/aromatic N) is 1. The highest BCUT2D eigenvalue weighted by Crippen LogP contribution is 2.28. The normalized spacial score (nSPS) is 13.9. The molecule has 1 heterocycles. The smallest absolute Gasteiger partial charge is 0.323 e. The summed E-state index contributed by atoms with van der Waals surface area (Å²) >= 11 is 0. The van der Waals surface area contributed by atoms with Gasteiger partial charge in [-0.05, 0) is 68.1 Å². The van der Waals surface area contributed by atoms with E-state index in [1.54, 1.807) is 0 Å². The quantitative estimate of drug-likeness (QED) is 0.622. The van der Waals surface area contributed by atoms with Crippen LogP contribution in [0.1, 0.15) is 44.6 Å². The van der Waals surface area contributed by atoms with Gasteiger partial charge in [-0.3, -0.25) is 4.79 Å². The van der Waals surface area contributed by atoms with Crippen LogP contribution in [0.2, 0.25) is 0 Å². The first-order valence-electron chi connectivity index (χ1n) is 10.3. The Labute approximate surface area is 172 Å². The lowest BCUT2D eigenvalue weighted by Crippen LogP contribution is -2.35. The van der Waals surface area contributed by atoms with Crippen molar-refractivity contribution in [3.63, 3.8) is 0 Å². The minimum absolute atomic E-state index is 0.141. The third kappa shape index (κ3) is 5.73. The van der Waals surface area contributed by atoms with Crippen LogP contribution in [-0.4, -0.2) is 25.1 Å². The lowest BCUT2D eigenvalue weighted by Gasteiger charge is -2.28. The number of anilines is 3. The maximum atomic E-state index is 12.4. The zero-order valence-electron chi connectivity index (χ0n) is 17.2.